The average Bonchev–Trinajstić information content (AvgIpc) is 2.92. The van der Waals surface area contributed by atoms with Gasteiger partial charge in [-0.15, -0.1) is 0 Å². The molecular formula is C34H46N4O3. The first kappa shape index (κ1) is 27.2. The molecule has 2 saturated carbocycles. The summed E-state index contributed by atoms with van der Waals surface area (Å²) < 4.78 is 2.08. The zero-order valence-corrected chi connectivity index (χ0v) is 24.6. The predicted octanol–water partition coefficient (Wildman–Crippen LogP) is 6.29. The molecule has 1 aromatic heterocycles. The van der Waals surface area contributed by atoms with E-state index in [0.717, 1.165) is 66.6 Å². The van der Waals surface area contributed by atoms with Crippen LogP contribution in [0.15, 0.2) is 41.3 Å². The van der Waals surface area contributed by atoms with Gasteiger partial charge in [0.2, 0.25) is 0 Å². The maximum absolute atomic E-state index is 14.5. The molecule has 7 heteroatoms. The van der Waals surface area contributed by atoms with E-state index in [0.29, 0.717) is 23.8 Å². The largest absolute Gasteiger partial charge is 0.480 e. The third-order valence-corrected chi connectivity index (χ3v) is 11.3. The maximum atomic E-state index is 14.5. The van der Waals surface area contributed by atoms with E-state index in [1.54, 1.807) is 0 Å². The van der Waals surface area contributed by atoms with E-state index < -0.39 is 5.97 Å². The van der Waals surface area contributed by atoms with Gasteiger partial charge >= 0.3 is 5.97 Å². The number of rotatable bonds is 5. The van der Waals surface area contributed by atoms with Crippen LogP contribution in [-0.2, 0) is 4.79 Å². The third kappa shape index (κ3) is 5.02. The van der Waals surface area contributed by atoms with Gasteiger partial charge in [-0.3, -0.25) is 14.5 Å². The lowest BCUT2D eigenvalue weighted by Gasteiger charge is -2.56. The summed E-state index contributed by atoms with van der Waals surface area (Å²) in [6, 6.07) is 9.63. The van der Waals surface area contributed by atoms with E-state index in [1.807, 2.05) is 29.2 Å². The van der Waals surface area contributed by atoms with Crippen LogP contribution in [0.2, 0.25) is 0 Å². The molecule has 0 spiro atoms. The Labute approximate surface area is 243 Å². The van der Waals surface area contributed by atoms with E-state index in [1.165, 1.54) is 51.4 Å². The minimum atomic E-state index is -0.902. The van der Waals surface area contributed by atoms with Crippen LogP contribution in [0.1, 0.15) is 108 Å². The molecule has 0 amide bonds. The number of allylic oxidation sites excluding steroid dienone is 1. The molecule has 7 rings (SSSR count). The van der Waals surface area contributed by atoms with Gasteiger partial charge in [-0.25, -0.2) is 4.98 Å². The Bertz CT molecular complexity index is 1350. The van der Waals surface area contributed by atoms with Crippen LogP contribution in [-0.4, -0.2) is 55.1 Å². The topological polar surface area (TPSA) is 78.7 Å². The standard InChI is InChI=1S/C34H46N4O3/c1-21-13-23-15-24(14-21)17-27(16-23)37-25-8-6-9-26(37)19-28(18-25)38-30-11-4-3-10-29(30)35-33(34(38)41)31-12-5-7-22(2)36(31)20-32(39)40/h3-4,10-11,21,23-28,31H,2,5-9,12-20H2,1H3,(H,39,40). The van der Waals surface area contributed by atoms with Gasteiger partial charge in [-0.1, -0.05) is 32.1 Å². The Hall–Kier alpha value is -2.67. The summed E-state index contributed by atoms with van der Waals surface area (Å²) in [6.07, 6.45) is 15.2. The number of benzene rings is 1. The van der Waals surface area contributed by atoms with Gasteiger partial charge in [-0.05, 0) is 107 Å². The number of aliphatic carboxylic acids is 1. The van der Waals surface area contributed by atoms with E-state index in [2.05, 4.69) is 23.0 Å². The summed E-state index contributed by atoms with van der Waals surface area (Å²) in [6.45, 7) is 6.47. The number of aromatic nitrogens is 2. The Balaban J connectivity index is 1.23. The second kappa shape index (κ2) is 10.9. The summed E-state index contributed by atoms with van der Waals surface area (Å²) in [5.41, 5.74) is 3.00. The molecule has 220 valence electrons. The van der Waals surface area contributed by atoms with Gasteiger partial charge in [0, 0.05) is 29.9 Å². The van der Waals surface area contributed by atoms with Gasteiger partial charge in [-0.2, -0.15) is 0 Å². The smallest absolute Gasteiger partial charge is 0.323 e. The van der Waals surface area contributed by atoms with Gasteiger partial charge in [0.15, 0.2) is 0 Å². The molecule has 4 heterocycles. The maximum Gasteiger partial charge on any atom is 0.323 e. The fourth-order valence-corrected chi connectivity index (χ4v) is 10.0. The van der Waals surface area contributed by atoms with Gasteiger partial charge in [0.25, 0.3) is 5.56 Å². The molecule has 41 heavy (non-hydrogen) atoms. The SMILES string of the molecule is C=C1CCCC(c2nc3ccccc3n(C3CC4CCCC(C3)N4C3CC4CC(C)CC(C4)C3)c2=O)N1CC(=O)O. The van der Waals surface area contributed by atoms with Crippen molar-refractivity contribution in [3.63, 3.8) is 0 Å². The number of piperidine rings is 3. The highest BCUT2D eigenvalue weighted by atomic mass is 16.4. The van der Waals surface area contributed by atoms with Crippen molar-refractivity contribution in [3.8, 4) is 0 Å². The highest BCUT2D eigenvalue weighted by Crippen LogP contribution is 2.48. The zero-order chi connectivity index (χ0) is 28.2. The molecule has 1 N–H and O–H groups in total. The van der Waals surface area contributed by atoms with Crippen LogP contribution in [0.4, 0.5) is 0 Å². The first-order valence-electron chi connectivity index (χ1n) is 16.3. The highest BCUT2D eigenvalue weighted by Gasteiger charge is 2.46. The number of carbonyl (C=O) groups is 1. The quantitative estimate of drug-likeness (QED) is 0.464. The number of hydrogen-bond acceptors (Lipinski definition) is 5. The molecule has 4 bridgehead atoms. The summed E-state index contributed by atoms with van der Waals surface area (Å²) in [5, 5.41) is 9.65. The summed E-state index contributed by atoms with van der Waals surface area (Å²) in [5.74, 6) is 1.78. The Kier molecular flexibility index (Phi) is 7.21. The number of nitrogens with zero attached hydrogens (tertiary/aromatic N) is 4. The van der Waals surface area contributed by atoms with Crippen molar-refractivity contribution >= 4 is 17.0 Å². The van der Waals surface area contributed by atoms with Crippen molar-refractivity contribution in [1.29, 1.82) is 0 Å². The van der Waals surface area contributed by atoms with Crippen molar-refractivity contribution in [3.05, 3.63) is 52.6 Å². The predicted molar refractivity (Wildman–Crippen MR) is 161 cm³/mol. The monoisotopic (exact) mass is 558 g/mol. The van der Waals surface area contributed by atoms with Crippen LogP contribution >= 0.6 is 0 Å². The molecular weight excluding hydrogens is 512 g/mol. The summed E-state index contributed by atoms with van der Waals surface area (Å²) >= 11 is 0. The fraction of sp³-hybridized carbons (Fsp3) is 0.676. The number of likely N-dealkylation sites (tertiary alicyclic amines) is 1. The van der Waals surface area contributed by atoms with Crippen LogP contribution in [0.5, 0.6) is 0 Å². The minimum Gasteiger partial charge on any atom is -0.480 e. The van der Waals surface area contributed by atoms with E-state index in [4.69, 9.17) is 4.98 Å². The Morgan fingerprint density at radius 2 is 1.63 bits per heavy atom. The lowest BCUT2D eigenvalue weighted by Crippen LogP contribution is -2.59. The molecule has 3 aliphatic heterocycles. The molecule has 0 radical (unpaired) electrons. The minimum absolute atomic E-state index is 0.0310. The Morgan fingerprint density at radius 3 is 2.34 bits per heavy atom. The summed E-state index contributed by atoms with van der Waals surface area (Å²) in [7, 11) is 0. The second-order valence-corrected chi connectivity index (χ2v) is 14.1. The lowest BCUT2D eigenvalue weighted by atomic mass is 9.65. The molecule has 5 unspecified atom stereocenters. The van der Waals surface area contributed by atoms with Gasteiger partial charge in [0.1, 0.15) is 12.2 Å². The second-order valence-electron chi connectivity index (χ2n) is 14.1. The van der Waals surface area contributed by atoms with Crippen molar-refractivity contribution < 1.29 is 9.90 Å². The molecule has 2 aromatic rings. The number of para-hydroxylation sites is 2. The van der Waals surface area contributed by atoms with Crippen molar-refractivity contribution in [2.75, 3.05) is 6.54 Å². The first-order chi connectivity index (χ1) is 19.9. The first-order valence-corrected chi connectivity index (χ1v) is 16.3. The van der Waals surface area contributed by atoms with Crippen molar-refractivity contribution in [2.45, 2.75) is 121 Å². The zero-order valence-electron chi connectivity index (χ0n) is 24.6. The molecule has 1 aromatic carbocycles. The van der Waals surface area contributed by atoms with Crippen LogP contribution in [0.3, 0.4) is 0 Å². The van der Waals surface area contributed by atoms with E-state index in [-0.39, 0.29) is 24.2 Å². The number of hydrogen-bond donors (Lipinski definition) is 1. The number of carboxylic acid groups (broad SMARTS) is 1. The molecule has 2 aliphatic carbocycles. The van der Waals surface area contributed by atoms with Gasteiger partial charge < -0.3 is 14.6 Å². The van der Waals surface area contributed by atoms with Crippen molar-refractivity contribution in [1.82, 2.24) is 19.4 Å². The van der Waals surface area contributed by atoms with Crippen molar-refractivity contribution in [2.24, 2.45) is 17.8 Å². The highest BCUT2D eigenvalue weighted by molar-refractivity contribution is 5.75. The van der Waals surface area contributed by atoms with Gasteiger partial charge in [0.05, 0.1) is 17.1 Å². The summed E-state index contributed by atoms with van der Waals surface area (Å²) in [4.78, 5) is 35.9. The number of fused-ring (bicyclic) bond motifs is 5. The number of carboxylic acids is 1. The fourth-order valence-electron chi connectivity index (χ4n) is 10.0. The molecule has 3 saturated heterocycles. The van der Waals surface area contributed by atoms with Crippen LogP contribution < -0.4 is 5.56 Å². The van der Waals surface area contributed by atoms with Crippen LogP contribution in [0.25, 0.3) is 11.0 Å². The molecule has 7 nitrogen and oxygen atoms in total. The van der Waals surface area contributed by atoms with Crippen LogP contribution in [0, 0.1) is 17.8 Å². The Morgan fingerprint density at radius 1 is 0.927 bits per heavy atom. The third-order valence-electron chi connectivity index (χ3n) is 11.3. The average molecular weight is 559 g/mol. The molecule has 5 fully saturated rings. The molecule has 5 atom stereocenters. The normalized spacial score (nSPS) is 35.9. The lowest BCUT2D eigenvalue weighted by molar-refractivity contribution is -0.138. The van der Waals surface area contributed by atoms with E-state index >= 15 is 0 Å². The molecule has 5 aliphatic rings. The van der Waals surface area contributed by atoms with E-state index in [9.17, 15) is 14.7 Å².